The van der Waals surface area contributed by atoms with E-state index in [-0.39, 0.29) is 29.8 Å². The minimum atomic E-state index is -3.40. The van der Waals surface area contributed by atoms with Crippen molar-refractivity contribution in [3.8, 4) is 0 Å². The van der Waals surface area contributed by atoms with Crippen LogP contribution in [0.15, 0.2) is 30.3 Å². The summed E-state index contributed by atoms with van der Waals surface area (Å²) in [6.07, 6.45) is 0.275. The van der Waals surface area contributed by atoms with Gasteiger partial charge >= 0.3 is 0 Å². The van der Waals surface area contributed by atoms with E-state index in [1.54, 1.807) is 20.8 Å². The first kappa shape index (κ1) is 17.9. The van der Waals surface area contributed by atoms with Gasteiger partial charge in [0.05, 0.1) is 4.75 Å². The Hall–Kier alpha value is -1.16. The Labute approximate surface area is 128 Å². The first-order valence-electron chi connectivity index (χ1n) is 7.33. The molecular formula is C17H26O3S. The summed E-state index contributed by atoms with van der Waals surface area (Å²) in [6, 6.07) is 9.82. The predicted molar refractivity (Wildman–Crippen MR) is 87.2 cm³/mol. The molecule has 0 amide bonds. The molecule has 0 aliphatic rings. The Kier molecular flexibility index (Phi) is 5.74. The molecule has 1 unspecified atom stereocenters. The van der Waals surface area contributed by atoms with Gasteiger partial charge in [-0.2, -0.15) is 0 Å². The lowest BCUT2D eigenvalue weighted by Gasteiger charge is -2.22. The maximum absolute atomic E-state index is 12.2. The van der Waals surface area contributed by atoms with Gasteiger partial charge in [-0.3, -0.25) is 4.79 Å². The van der Waals surface area contributed by atoms with Crippen molar-refractivity contribution in [2.24, 2.45) is 5.92 Å². The highest BCUT2D eigenvalue weighted by Crippen LogP contribution is 2.28. The van der Waals surface area contributed by atoms with Gasteiger partial charge in [-0.05, 0) is 38.2 Å². The van der Waals surface area contributed by atoms with Crippen molar-refractivity contribution in [1.29, 1.82) is 0 Å². The Morgan fingerprint density at radius 3 is 2.05 bits per heavy atom. The van der Waals surface area contributed by atoms with Crippen LogP contribution in [0, 0.1) is 5.92 Å². The van der Waals surface area contributed by atoms with Crippen LogP contribution < -0.4 is 0 Å². The Morgan fingerprint density at radius 2 is 1.62 bits per heavy atom. The fraction of sp³-hybridized carbons (Fsp3) is 0.588. The lowest BCUT2D eigenvalue weighted by molar-refractivity contribution is -0.117. The van der Waals surface area contributed by atoms with Gasteiger partial charge in [0.15, 0.2) is 9.84 Å². The second-order valence-corrected chi connectivity index (χ2v) is 9.62. The van der Waals surface area contributed by atoms with Gasteiger partial charge in [0, 0.05) is 6.42 Å². The van der Waals surface area contributed by atoms with Gasteiger partial charge in [0.25, 0.3) is 0 Å². The fourth-order valence-electron chi connectivity index (χ4n) is 2.17. The van der Waals surface area contributed by atoms with Crippen LogP contribution in [0.5, 0.6) is 0 Å². The number of rotatable bonds is 6. The van der Waals surface area contributed by atoms with Crippen molar-refractivity contribution in [3.63, 3.8) is 0 Å². The SMILES string of the molecule is CC(C)C(CC(=O)CS(=O)(=O)C(C)(C)C)c1ccccc1. The molecule has 0 spiro atoms. The number of carbonyl (C=O) groups is 1. The van der Waals surface area contributed by atoms with Crippen LogP contribution in [0.1, 0.15) is 52.5 Å². The Bertz CT molecular complexity index is 566. The zero-order valence-corrected chi connectivity index (χ0v) is 14.4. The number of ketones is 1. The maximum atomic E-state index is 12.2. The summed E-state index contributed by atoms with van der Waals surface area (Å²) in [5, 5.41) is 0. The average molecular weight is 310 g/mol. The summed E-state index contributed by atoms with van der Waals surface area (Å²) in [5.41, 5.74) is 1.09. The van der Waals surface area contributed by atoms with Crippen molar-refractivity contribution in [3.05, 3.63) is 35.9 Å². The highest BCUT2D eigenvalue weighted by atomic mass is 32.2. The number of hydrogen-bond acceptors (Lipinski definition) is 3. The normalized spacial score (nSPS) is 14.2. The fourth-order valence-corrected chi connectivity index (χ4v) is 3.15. The zero-order chi connectivity index (χ0) is 16.3. The molecule has 0 aliphatic heterocycles. The van der Waals surface area contributed by atoms with E-state index in [1.807, 2.05) is 30.3 Å². The smallest absolute Gasteiger partial charge is 0.162 e. The summed E-state index contributed by atoms with van der Waals surface area (Å²) < 4.78 is 23.4. The molecule has 1 aromatic rings. The summed E-state index contributed by atoms with van der Waals surface area (Å²) in [4.78, 5) is 12.2. The summed E-state index contributed by atoms with van der Waals surface area (Å²) in [6.45, 7) is 9.01. The number of carbonyl (C=O) groups excluding carboxylic acids is 1. The second-order valence-electron chi connectivity index (χ2n) is 6.88. The topological polar surface area (TPSA) is 51.2 Å². The summed E-state index contributed by atoms with van der Waals surface area (Å²) in [7, 11) is -3.40. The molecule has 3 nitrogen and oxygen atoms in total. The Balaban J connectivity index is 2.85. The third-order valence-electron chi connectivity index (χ3n) is 3.76. The van der Waals surface area contributed by atoms with Crippen molar-refractivity contribution in [1.82, 2.24) is 0 Å². The third-order valence-corrected chi connectivity index (χ3v) is 6.33. The molecule has 21 heavy (non-hydrogen) atoms. The zero-order valence-electron chi connectivity index (χ0n) is 13.6. The van der Waals surface area contributed by atoms with Crippen LogP contribution in [0.3, 0.4) is 0 Å². The second kappa shape index (κ2) is 6.73. The average Bonchev–Trinajstić information content (AvgIpc) is 2.34. The number of Topliss-reactive ketones (excluding diaryl/α,β-unsaturated/α-hetero) is 1. The van der Waals surface area contributed by atoms with Gasteiger partial charge in [-0.1, -0.05) is 44.2 Å². The number of sulfone groups is 1. The quantitative estimate of drug-likeness (QED) is 0.806. The minimum absolute atomic E-state index is 0.0638. The molecule has 0 heterocycles. The van der Waals surface area contributed by atoms with Crippen LogP contribution in [0.4, 0.5) is 0 Å². The molecule has 0 aromatic heterocycles. The van der Waals surface area contributed by atoms with Gasteiger partial charge in [0.2, 0.25) is 0 Å². The van der Waals surface area contributed by atoms with E-state index in [2.05, 4.69) is 13.8 Å². The van der Waals surface area contributed by atoms with Crippen molar-refractivity contribution in [2.75, 3.05) is 5.75 Å². The monoisotopic (exact) mass is 310 g/mol. The molecule has 0 saturated carbocycles. The Morgan fingerprint density at radius 1 is 1.10 bits per heavy atom. The van der Waals surface area contributed by atoms with Gasteiger partial charge in [0.1, 0.15) is 11.5 Å². The molecule has 0 bridgehead atoms. The van der Waals surface area contributed by atoms with Crippen LogP contribution in [-0.2, 0) is 14.6 Å². The molecule has 1 atom stereocenters. The van der Waals surface area contributed by atoms with Crippen molar-refractivity contribution in [2.45, 2.75) is 51.7 Å². The maximum Gasteiger partial charge on any atom is 0.162 e. The largest absolute Gasteiger partial charge is 0.299 e. The van der Waals surface area contributed by atoms with Crippen LogP contribution in [-0.4, -0.2) is 24.7 Å². The molecule has 0 fully saturated rings. The highest BCUT2D eigenvalue weighted by Gasteiger charge is 2.32. The van der Waals surface area contributed by atoms with E-state index in [9.17, 15) is 13.2 Å². The van der Waals surface area contributed by atoms with Gasteiger partial charge in [-0.25, -0.2) is 8.42 Å². The molecule has 0 aliphatic carbocycles. The molecule has 0 saturated heterocycles. The molecule has 1 rings (SSSR count). The first-order valence-corrected chi connectivity index (χ1v) is 8.99. The van der Waals surface area contributed by atoms with Gasteiger partial charge < -0.3 is 0 Å². The van der Waals surface area contributed by atoms with Crippen LogP contribution >= 0.6 is 0 Å². The van der Waals surface area contributed by atoms with Crippen molar-refractivity contribution >= 4 is 15.6 Å². The number of benzene rings is 1. The van der Waals surface area contributed by atoms with Crippen molar-refractivity contribution < 1.29 is 13.2 Å². The van der Waals surface area contributed by atoms with E-state index in [1.165, 1.54) is 0 Å². The molecule has 1 aromatic carbocycles. The minimum Gasteiger partial charge on any atom is -0.299 e. The lowest BCUT2D eigenvalue weighted by Crippen LogP contribution is -2.34. The predicted octanol–water partition coefficient (Wildman–Crippen LogP) is 3.60. The number of hydrogen-bond donors (Lipinski definition) is 0. The molecule has 0 N–H and O–H groups in total. The molecular weight excluding hydrogens is 284 g/mol. The van der Waals surface area contributed by atoms with E-state index >= 15 is 0 Å². The van der Waals surface area contributed by atoms with Crippen LogP contribution in [0.2, 0.25) is 0 Å². The standard InChI is InChI=1S/C17H26O3S/c1-13(2)16(14-9-7-6-8-10-14)11-15(18)12-21(19,20)17(3,4)5/h6-10,13,16H,11-12H2,1-5H3. The first-order chi connectivity index (χ1) is 9.54. The molecule has 118 valence electrons. The van der Waals surface area contributed by atoms with E-state index in [0.29, 0.717) is 0 Å². The third kappa shape index (κ3) is 4.95. The summed E-state index contributed by atoms with van der Waals surface area (Å²) in [5.74, 6) is -0.220. The lowest BCUT2D eigenvalue weighted by atomic mass is 9.85. The van der Waals surface area contributed by atoms with Crippen LogP contribution in [0.25, 0.3) is 0 Å². The van der Waals surface area contributed by atoms with E-state index in [0.717, 1.165) is 5.56 Å². The molecule has 4 heteroatoms. The summed E-state index contributed by atoms with van der Waals surface area (Å²) >= 11 is 0. The highest BCUT2D eigenvalue weighted by molar-refractivity contribution is 7.93. The molecule has 0 radical (unpaired) electrons. The van der Waals surface area contributed by atoms with E-state index in [4.69, 9.17) is 0 Å². The van der Waals surface area contributed by atoms with Gasteiger partial charge in [-0.15, -0.1) is 0 Å². The van der Waals surface area contributed by atoms with E-state index < -0.39 is 14.6 Å².